The van der Waals surface area contributed by atoms with Gasteiger partial charge >= 0.3 is 0 Å². The molecule has 3 heteroatoms. The number of rotatable bonds is 6. The van der Waals surface area contributed by atoms with Gasteiger partial charge in [0, 0.05) is 18.8 Å². The standard InChI is InChI=1S/C20H19NO2/c22-20-12-11-19(18-9-5-2-6-10-18)15-21(20)13-14-23-16-17-7-3-1-4-8-17/h1-12,15H,13-14,16H2. The van der Waals surface area contributed by atoms with Crippen molar-refractivity contribution >= 4 is 0 Å². The van der Waals surface area contributed by atoms with Crippen LogP contribution in [0.5, 0.6) is 0 Å². The number of aromatic nitrogens is 1. The molecule has 2 aromatic carbocycles. The van der Waals surface area contributed by atoms with Crippen LogP contribution in [0.2, 0.25) is 0 Å². The van der Waals surface area contributed by atoms with E-state index in [4.69, 9.17) is 4.74 Å². The Morgan fingerprint density at radius 3 is 2.22 bits per heavy atom. The average Bonchev–Trinajstić information content (AvgIpc) is 2.62. The van der Waals surface area contributed by atoms with Crippen LogP contribution in [0.25, 0.3) is 11.1 Å². The van der Waals surface area contributed by atoms with Gasteiger partial charge in [0.1, 0.15) is 0 Å². The Balaban J connectivity index is 1.62. The molecule has 0 radical (unpaired) electrons. The third-order valence-electron chi connectivity index (χ3n) is 3.68. The lowest BCUT2D eigenvalue weighted by atomic mass is 10.1. The summed E-state index contributed by atoms with van der Waals surface area (Å²) < 4.78 is 7.37. The molecule has 0 saturated carbocycles. The molecule has 0 bridgehead atoms. The second kappa shape index (κ2) is 7.56. The van der Waals surface area contributed by atoms with Gasteiger partial charge < -0.3 is 9.30 Å². The minimum Gasteiger partial charge on any atom is -0.375 e. The third-order valence-corrected chi connectivity index (χ3v) is 3.68. The van der Waals surface area contributed by atoms with Crippen LogP contribution in [-0.4, -0.2) is 11.2 Å². The van der Waals surface area contributed by atoms with Gasteiger partial charge in [-0.1, -0.05) is 60.7 Å². The Hall–Kier alpha value is -2.65. The molecule has 0 amide bonds. The Kier molecular flexibility index (Phi) is 5.02. The third kappa shape index (κ3) is 4.18. The van der Waals surface area contributed by atoms with Crippen molar-refractivity contribution in [1.29, 1.82) is 0 Å². The van der Waals surface area contributed by atoms with Crippen molar-refractivity contribution < 1.29 is 4.74 Å². The highest BCUT2D eigenvalue weighted by Crippen LogP contribution is 2.16. The van der Waals surface area contributed by atoms with E-state index in [1.807, 2.05) is 72.9 Å². The summed E-state index contributed by atoms with van der Waals surface area (Å²) >= 11 is 0. The summed E-state index contributed by atoms with van der Waals surface area (Å²) in [7, 11) is 0. The summed E-state index contributed by atoms with van der Waals surface area (Å²) in [5.41, 5.74) is 3.27. The molecule has 0 atom stereocenters. The minimum atomic E-state index is -0.00649. The molecule has 3 nitrogen and oxygen atoms in total. The first kappa shape index (κ1) is 15.3. The molecule has 1 heterocycles. The van der Waals surface area contributed by atoms with Crippen LogP contribution in [0, 0.1) is 0 Å². The Bertz CT molecular complexity index is 795. The van der Waals surface area contributed by atoms with Gasteiger partial charge in [0.2, 0.25) is 0 Å². The van der Waals surface area contributed by atoms with Gasteiger partial charge in [0.15, 0.2) is 0 Å². The van der Waals surface area contributed by atoms with E-state index in [1.165, 1.54) is 0 Å². The Morgan fingerprint density at radius 2 is 1.48 bits per heavy atom. The molecule has 0 saturated heterocycles. The molecule has 23 heavy (non-hydrogen) atoms. The first-order valence-electron chi connectivity index (χ1n) is 7.70. The van der Waals surface area contributed by atoms with E-state index in [-0.39, 0.29) is 5.56 Å². The number of benzene rings is 2. The van der Waals surface area contributed by atoms with Crippen LogP contribution in [0.15, 0.2) is 83.8 Å². The van der Waals surface area contributed by atoms with Crippen LogP contribution >= 0.6 is 0 Å². The molecular weight excluding hydrogens is 286 g/mol. The highest BCUT2D eigenvalue weighted by molar-refractivity contribution is 5.61. The van der Waals surface area contributed by atoms with Crippen molar-refractivity contribution in [2.45, 2.75) is 13.2 Å². The number of nitrogens with zero attached hydrogens (tertiary/aromatic N) is 1. The van der Waals surface area contributed by atoms with Gasteiger partial charge in [-0.3, -0.25) is 4.79 Å². The highest BCUT2D eigenvalue weighted by Gasteiger charge is 2.01. The summed E-state index contributed by atoms with van der Waals surface area (Å²) in [6.45, 7) is 1.62. The van der Waals surface area contributed by atoms with E-state index in [2.05, 4.69) is 0 Å². The first-order valence-corrected chi connectivity index (χ1v) is 7.70. The fourth-order valence-corrected chi connectivity index (χ4v) is 2.43. The van der Waals surface area contributed by atoms with Gasteiger partial charge in [-0.25, -0.2) is 0 Å². The van der Waals surface area contributed by atoms with Crippen molar-refractivity contribution in [2.75, 3.05) is 6.61 Å². The molecule has 0 aliphatic rings. The number of hydrogen-bond donors (Lipinski definition) is 0. The monoisotopic (exact) mass is 305 g/mol. The summed E-state index contributed by atoms with van der Waals surface area (Å²) in [6.07, 6.45) is 1.89. The summed E-state index contributed by atoms with van der Waals surface area (Å²) in [5, 5.41) is 0. The minimum absolute atomic E-state index is 0.00649. The normalized spacial score (nSPS) is 10.6. The number of pyridine rings is 1. The molecule has 3 aromatic rings. The Labute approximate surface area is 135 Å². The van der Waals surface area contributed by atoms with Crippen LogP contribution in [0.4, 0.5) is 0 Å². The maximum atomic E-state index is 12.0. The lowest BCUT2D eigenvalue weighted by Gasteiger charge is -2.09. The van der Waals surface area contributed by atoms with Crippen molar-refractivity contribution in [3.05, 3.63) is 94.9 Å². The highest BCUT2D eigenvalue weighted by atomic mass is 16.5. The molecular formula is C20H19NO2. The fourth-order valence-electron chi connectivity index (χ4n) is 2.43. The van der Waals surface area contributed by atoms with Gasteiger partial charge in [-0.2, -0.15) is 0 Å². The topological polar surface area (TPSA) is 31.2 Å². The predicted molar refractivity (Wildman–Crippen MR) is 92.2 cm³/mol. The largest absolute Gasteiger partial charge is 0.375 e. The fraction of sp³-hybridized carbons (Fsp3) is 0.150. The van der Waals surface area contributed by atoms with Crippen molar-refractivity contribution in [3.63, 3.8) is 0 Å². The molecule has 0 aliphatic carbocycles. The van der Waals surface area contributed by atoms with Crippen molar-refractivity contribution in [2.24, 2.45) is 0 Å². The average molecular weight is 305 g/mol. The zero-order valence-corrected chi connectivity index (χ0v) is 12.9. The van der Waals surface area contributed by atoms with E-state index in [1.54, 1.807) is 10.6 Å². The SMILES string of the molecule is O=c1ccc(-c2ccccc2)cn1CCOCc1ccccc1. The summed E-state index contributed by atoms with van der Waals surface area (Å²) in [6, 6.07) is 23.5. The zero-order chi connectivity index (χ0) is 15.9. The molecule has 0 unspecified atom stereocenters. The van der Waals surface area contributed by atoms with E-state index < -0.39 is 0 Å². The maximum absolute atomic E-state index is 12.0. The summed E-state index contributed by atoms with van der Waals surface area (Å²) in [5.74, 6) is 0. The molecule has 3 rings (SSSR count). The van der Waals surface area contributed by atoms with E-state index in [0.717, 1.165) is 16.7 Å². The molecule has 0 spiro atoms. The lowest BCUT2D eigenvalue weighted by Crippen LogP contribution is -2.21. The zero-order valence-electron chi connectivity index (χ0n) is 12.9. The van der Waals surface area contributed by atoms with Gasteiger partial charge in [0.05, 0.1) is 13.2 Å². The van der Waals surface area contributed by atoms with Crippen LogP contribution in [0.3, 0.4) is 0 Å². The second-order valence-corrected chi connectivity index (χ2v) is 5.35. The molecule has 0 N–H and O–H groups in total. The number of ether oxygens (including phenoxy) is 1. The summed E-state index contributed by atoms with van der Waals surface area (Å²) in [4.78, 5) is 12.0. The smallest absolute Gasteiger partial charge is 0.250 e. The molecule has 0 aliphatic heterocycles. The first-order chi connectivity index (χ1) is 11.3. The Morgan fingerprint density at radius 1 is 0.783 bits per heavy atom. The van der Waals surface area contributed by atoms with Gasteiger partial charge in [0.25, 0.3) is 5.56 Å². The molecule has 1 aromatic heterocycles. The predicted octanol–water partition coefficient (Wildman–Crippen LogP) is 3.73. The van der Waals surface area contributed by atoms with Crippen LogP contribution < -0.4 is 5.56 Å². The van der Waals surface area contributed by atoms with Gasteiger partial charge in [-0.15, -0.1) is 0 Å². The van der Waals surface area contributed by atoms with Crippen LogP contribution in [0.1, 0.15) is 5.56 Å². The van der Waals surface area contributed by atoms with Crippen molar-refractivity contribution in [1.82, 2.24) is 4.57 Å². The van der Waals surface area contributed by atoms with E-state index >= 15 is 0 Å². The van der Waals surface area contributed by atoms with E-state index in [9.17, 15) is 4.79 Å². The lowest BCUT2D eigenvalue weighted by molar-refractivity contribution is 0.112. The van der Waals surface area contributed by atoms with Crippen LogP contribution in [-0.2, 0) is 17.9 Å². The maximum Gasteiger partial charge on any atom is 0.250 e. The quantitative estimate of drug-likeness (QED) is 0.650. The second-order valence-electron chi connectivity index (χ2n) is 5.35. The molecule has 0 fully saturated rings. The van der Waals surface area contributed by atoms with E-state index in [0.29, 0.717) is 19.8 Å². The number of hydrogen-bond acceptors (Lipinski definition) is 2. The molecule has 116 valence electrons. The van der Waals surface area contributed by atoms with Gasteiger partial charge in [-0.05, 0) is 22.8 Å². The van der Waals surface area contributed by atoms with Crippen molar-refractivity contribution in [3.8, 4) is 11.1 Å².